The molecule has 1 amide bonds. The van der Waals surface area contributed by atoms with Crippen LogP contribution in [0.2, 0.25) is 0 Å². The molecule has 0 heterocycles. The van der Waals surface area contributed by atoms with E-state index in [1.807, 2.05) is 6.07 Å². The molecule has 0 saturated carbocycles. The second-order valence-electron chi connectivity index (χ2n) is 4.52. The van der Waals surface area contributed by atoms with Crippen LogP contribution in [-0.2, 0) is 10.0 Å². The maximum atomic E-state index is 12.1. The first-order chi connectivity index (χ1) is 10.9. The summed E-state index contributed by atoms with van der Waals surface area (Å²) in [5, 5.41) is 2.73. The Morgan fingerprint density at radius 3 is 2.48 bits per heavy atom. The molecule has 0 radical (unpaired) electrons. The molecule has 0 aliphatic heterocycles. The first-order valence-corrected chi connectivity index (χ1v) is 8.80. The Labute approximate surface area is 143 Å². The maximum Gasteiger partial charge on any atom is 0.255 e. The van der Waals surface area contributed by atoms with Gasteiger partial charge in [0.1, 0.15) is 0 Å². The molecule has 0 spiro atoms. The van der Waals surface area contributed by atoms with Crippen molar-refractivity contribution in [3.63, 3.8) is 0 Å². The van der Waals surface area contributed by atoms with Gasteiger partial charge in [0.05, 0.1) is 11.4 Å². The molecule has 0 bridgehead atoms. The molecule has 0 fully saturated rings. The lowest BCUT2D eigenvalue weighted by Crippen LogP contribution is -2.24. The molecular weight excluding hydrogens is 380 g/mol. The second-order valence-corrected chi connectivity index (χ2v) is 7.20. The molecule has 0 aliphatic rings. The third-order valence-electron chi connectivity index (χ3n) is 2.87. The first-order valence-electron chi connectivity index (χ1n) is 6.52. The van der Waals surface area contributed by atoms with Gasteiger partial charge in [0.25, 0.3) is 5.91 Å². The van der Waals surface area contributed by atoms with Crippen LogP contribution < -0.4 is 10.0 Å². The summed E-state index contributed by atoms with van der Waals surface area (Å²) in [5.74, 6) is 1.87. The SMILES string of the molecule is C#CCNS(=O)(=O)c1ccc(C(=O)Nc2cccc(Br)c2)cc1. The fourth-order valence-corrected chi connectivity index (χ4v) is 3.11. The van der Waals surface area contributed by atoms with E-state index in [2.05, 4.69) is 31.9 Å². The average Bonchev–Trinajstić information content (AvgIpc) is 2.53. The third-order valence-corrected chi connectivity index (χ3v) is 4.78. The number of nitrogens with one attached hydrogen (secondary N) is 2. The Morgan fingerprint density at radius 2 is 1.87 bits per heavy atom. The number of terminal acetylenes is 1. The van der Waals surface area contributed by atoms with Crippen molar-refractivity contribution in [1.29, 1.82) is 0 Å². The lowest BCUT2D eigenvalue weighted by atomic mass is 10.2. The van der Waals surface area contributed by atoms with Crippen molar-refractivity contribution in [2.45, 2.75) is 4.90 Å². The monoisotopic (exact) mass is 392 g/mol. The lowest BCUT2D eigenvalue weighted by molar-refractivity contribution is 0.102. The van der Waals surface area contributed by atoms with Crippen molar-refractivity contribution < 1.29 is 13.2 Å². The highest BCUT2D eigenvalue weighted by Crippen LogP contribution is 2.17. The molecule has 0 atom stereocenters. The number of hydrogen-bond donors (Lipinski definition) is 2. The van der Waals surface area contributed by atoms with Gasteiger partial charge in [0.15, 0.2) is 0 Å². The highest BCUT2D eigenvalue weighted by Gasteiger charge is 2.14. The largest absolute Gasteiger partial charge is 0.322 e. The summed E-state index contributed by atoms with van der Waals surface area (Å²) < 4.78 is 26.9. The van der Waals surface area contributed by atoms with Crippen molar-refractivity contribution in [1.82, 2.24) is 4.72 Å². The molecule has 2 aromatic rings. The van der Waals surface area contributed by atoms with Gasteiger partial charge in [0.2, 0.25) is 10.0 Å². The number of benzene rings is 2. The molecule has 0 saturated heterocycles. The van der Waals surface area contributed by atoms with Crippen molar-refractivity contribution in [3.05, 3.63) is 58.6 Å². The molecule has 118 valence electrons. The highest BCUT2D eigenvalue weighted by molar-refractivity contribution is 9.10. The Bertz CT molecular complexity index is 856. The third kappa shape index (κ3) is 4.66. The van der Waals surface area contributed by atoms with E-state index in [-0.39, 0.29) is 17.3 Å². The van der Waals surface area contributed by atoms with Crippen molar-refractivity contribution in [3.8, 4) is 12.3 Å². The van der Waals surface area contributed by atoms with Gasteiger partial charge in [-0.25, -0.2) is 8.42 Å². The van der Waals surface area contributed by atoms with Gasteiger partial charge < -0.3 is 5.32 Å². The van der Waals surface area contributed by atoms with Gasteiger partial charge in [-0.2, -0.15) is 4.72 Å². The van der Waals surface area contributed by atoms with Gasteiger partial charge in [0, 0.05) is 15.7 Å². The van der Waals surface area contributed by atoms with Crippen LogP contribution in [0.5, 0.6) is 0 Å². The fourth-order valence-electron chi connectivity index (χ4n) is 1.77. The summed E-state index contributed by atoms with van der Waals surface area (Å²) in [6, 6.07) is 12.8. The molecule has 7 heteroatoms. The summed E-state index contributed by atoms with van der Waals surface area (Å²) >= 11 is 3.32. The molecular formula is C16H13BrN2O3S. The summed E-state index contributed by atoms with van der Waals surface area (Å²) in [4.78, 5) is 12.2. The standard InChI is InChI=1S/C16H13BrN2O3S/c1-2-10-18-23(21,22)15-8-6-12(7-9-15)16(20)19-14-5-3-4-13(17)11-14/h1,3-9,11,18H,10H2,(H,19,20). The van der Waals surface area contributed by atoms with Gasteiger partial charge >= 0.3 is 0 Å². The van der Waals surface area contributed by atoms with Crippen LogP contribution in [-0.4, -0.2) is 20.9 Å². The summed E-state index contributed by atoms with van der Waals surface area (Å²) in [7, 11) is -3.66. The fraction of sp³-hybridized carbons (Fsp3) is 0.0625. The van der Waals surface area contributed by atoms with Crippen molar-refractivity contribution in [2.24, 2.45) is 0 Å². The second kappa shape index (κ2) is 7.42. The van der Waals surface area contributed by atoms with Crippen LogP contribution in [0, 0.1) is 12.3 Å². The predicted octanol–water partition coefficient (Wildman–Crippen LogP) is 2.61. The quantitative estimate of drug-likeness (QED) is 0.767. The Kier molecular flexibility index (Phi) is 5.55. The lowest BCUT2D eigenvalue weighted by Gasteiger charge is -2.07. The molecule has 2 aromatic carbocycles. The van der Waals surface area contributed by atoms with Gasteiger partial charge in [-0.15, -0.1) is 6.42 Å². The molecule has 0 aliphatic carbocycles. The minimum atomic E-state index is -3.66. The summed E-state index contributed by atoms with van der Waals surface area (Å²) in [6.45, 7) is -0.0898. The average molecular weight is 393 g/mol. The molecule has 5 nitrogen and oxygen atoms in total. The maximum absolute atomic E-state index is 12.1. The van der Waals surface area contributed by atoms with E-state index in [0.717, 1.165) is 4.47 Å². The number of hydrogen-bond acceptors (Lipinski definition) is 3. The van der Waals surface area contributed by atoms with Crippen LogP contribution in [0.3, 0.4) is 0 Å². The molecule has 0 unspecified atom stereocenters. The van der Waals surface area contributed by atoms with Gasteiger partial charge in [-0.3, -0.25) is 4.79 Å². The zero-order chi connectivity index (χ0) is 16.9. The van der Waals surface area contributed by atoms with E-state index in [1.54, 1.807) is 18.2 Å². The number of halogens is 1. The van der Waals surface area contributed by atoms with Crippen LogP contribution in [0.4, 0.5) is 5.69 Å². The Morgan fingerprint density at radius 1 is 1.17 bits per heavy atom. The molecule has 23 heavy (non-hydrogen) atoms. The number of anilines is 1. The normalized spacial score (nSPS) is 10.8. The number of rotatable bonds is 5. The van der Waals surface area contributed by atoms with E-state index in [9.17, 15) is 13.2 Å². The molecule has 0 aromatic heterocycles. The van der Waals surface area contributed by atoms with Gasteiger partial charge in [-0.1, -0.05) is 27.9 Å². The minimum Gasteiger partial charge on any atom is -0.322 e. The van der Waals surface area contributed by atoms with Crippen LogP contribution in [0.15, 0.2) is 57.9 Å². The first kappa shape index (κ1) is 17.2. The molecule has 2 rings (SSSR count). The van der Waals surface area contributed by atoms with E-state index >= 15 is 0 Å². The Balaban J connectivity index is 2.13. The predicted molar refractivity (Wildman–Crippen MR) is 92.6 cm³/mol. The molecule has 2 N–H and O–H groups in total. The topological polar surface area (TPSA) is 75.3 Å². The zero-order valence-electron chi connectivity index (χ0n) is 11.9. The Hall–Kier alpha value is -2.14. The number of amides is 1. The number of carbonyl (C=O) groups excluding carboxylic acids is 1. The van der Waals surface area contributed by atoms with E-state index in [4.69, 9.17) is 6.42 Å². The van der Waals surface area contributed by atoms with E-state index < -0.39 is 10.0 Å². The summed E-state index contributed by atoms with van der Waals surface area (Å²) in [5.41, 5.74) is 0.984. The number of carbonyl (C=O) groups is 1. The van der Waals surface area contributed by atoms with Gasteiger partial charge in [-0.05, 0) is 42.5 Å². The van der Waals surface area contributed by atoms with Crippen LogP contribution in [0.1, 0.15) is 10.4 Å². The van der Waals surface area contributed by atoms with Crippen molar-refractivity contribution >= 4 is 37.5 Å². The highest BCUT2D eigenvalue weighted by atomic mass is 79.9. The summed E-state index contributed by atoms with van der Waals surface area (Å²) in [6.07, 6.45) is 5.03. The smallest absolute Gasteiger partial charge is 0.255 e. The number of sulfonamides is 1. The van der Waals surface area contributed by atoms with Crippen LogP contribution >= 0.6 is 15.9 Å². The van der Waals surface area contributed by atoms with E-state index in [0.29, 0.717) is 11.3 Å². The minimum absolute atomic E-state index is 0.0479. The van der Waals surface area contributed by atoms with Crippen LogP contribution in [0.25, 0.3) is 0 Å². The van der Waals surface area contributed by atoms with Crippen molar-refractivity contribution in [2.75, 3.05) is 11.9 Å². The van der Waals surface area contributed by atoms with E-state index in [1.165, 1.54) is 24.3 Å². The zero-order valence-corrected chi connectivity index (χ0v) is 14.3.